The second kappa shape index (κ2) is 54.4. The molecule has 0 aromatic carbocycles. The number of unbranched alkanes of at least 4 members (excludes halogenated alkanes) is 17. The van der Waals surface area contributed by atoms with Crippen LogP contribution in [-0.2, 0) is 28.6 Å². The first kappa shape index (κ1) is 62.8. The third-order valence-electron chi connectivity index (χ3n) is 11.0. The Morgan fingerprint density at radius 1 is 0.328 bits per heavy atom. The van der Waals surface area contributed by atoms with E-state index in [1.807, 2.05) is 0 Å². The summed E-state index contributed by atoms with van der Waals surface area (Å²) in [5.74, 6) is -1.01. The van der Waals surface area contributed by atoms with Crippen LogP contribution in [0.3, 0.4) is 0 Å². The fourth-order valence-electron chi connectivity index (χ4n) is 6.94. The van der Waals surface area contributed by atoms with Crippen LogP contribution >= 0.6 is 0 Å². The molecule has 0 aromatic heterocycles. The molecular formula is C61H98O6. The Bertz CT molecular complexity index is 1440. The van der Waals surface area contributed by atoms with Crippen LogP contribution in [0.4, 0.5) is 0 Å². The quantitative estimate of drug-likeness (QED) is 0.0199. The monoisotopic (exact) mass is 927 g/mol. The summed E-state index contributed by atoms with van der Waals surface area (Å²) in [4.78, 5) is 38.0. The molecule has 0 aliphatic heterocycles. The van der Waals surface area contributed by atoms with Crippen molar-refractivity contribution in [1.29, 1.82) is 0 Å². The largest absolute Gasteiger partial charge is 0.462 e. The normalized spacial score (nSPS) is 13.1. The fourth-order valence-corrected chi connectivity index (χ4v) is 6.94. The molecule has 0 bridgehead atoms. The smallest absolute Gasteiger partial charge is 0.306 e. The minimum atomic E-state index is -0.819. The number of ether oxygens (including phenoxy) is 3. The van der Waals surface area contributed by atoms with E-state index in [1.54, 1.807) is 0 Å². The highest BCUT2D eigenvalue weighted by atomic mass is 16.6. The van der Waals surface area contributed by atoms with Gasteiger partial charge in [0.15, 0.2) is 6.10 Å². The van der Waals surface area contributed by atoms with Gasteiger partial charge < -0.3 is 14.2 Å². The van der Waals surface area contributed by atoms with Crippen molar-refractivity contribution in [2.75, 3.05) is 13.2 Å². The maximum atomic E-state index is 12.8. The van der Waals surface area contributed by atoms with Crippen molar-refractivity contribution < 1.29 is 28.6 Å². The predicted octanol–water partition coefficient (Wildman–Crippen LogP) is 18.1. The molecular weight excluding hydrogens is 829 g/mol. The predicted molar refractivity (Wildman–Crippen MR) is 288 cm³/mol. The van der Waals surface area contributed by atoms with Gasteiger partial charge in [-0.3, -0.25) is 14.4 Å². The van der Waals surface area contributed by atoms with Gasteiger partial charge >= 0.3 is 17.9 Å². The summed E-state index contributed by atoms with van der Waals surface area (Å²) in [6, 6.07) is 0. The SMILES string of the molecule is CC/C=C\C/C=C\C/C=C\C/C=C\C/C=C\CCCCCC(=O)OCC(COC(=O)CCCC/C=C\C/C=C\C/C=C\CC)OC(=O)CCCCCCC/C=C\C=C/CCCCCCCCC. The van der Waals surface area contributed by atoms with E-state index in [4.69, 9.17) is 14.2 Å². The van der Waals surface area contributed by atoms with Crippen LogP contribution in [0.1, 0.15) is 226 Å². The number of carbonyl (C=O) groups is 3. The first-order chi connectivity index (χ1) is 33.0. The minimum Gasteiger partial charge on any atom is -0.462 e. The lowest BCUT2D eigenvalue weighted by Gasteiger charge is -2.18. The number of hydrogen-bond donors (Lipinski definition) is 0. The van der Waals surface area contributed by atoms with Crippen molar-refractivity contribution in [1.82, 2.24) is 0 Å². The topological polar surface area (TPSA) is 78.9 Å². The lowest BCUT2D eigenvalue weighted by molar-refractivity contribution is -0.167. The molecule has 1 atom stereocenters. The lowest BCUT2D eigenvalue weighted by Crippen LogP contribution is -2.30. The molecule has 0 N–H and O–H groups in total. The van der Waals surface area contributed by atoms with Crippen LogP contribution in [0.2, 0.25) is 0 Å². The molecule has 1 unspecified atom stereocenters. The zero-order valence-corrected chi connectivity index (χ0v) is 43.1. The van der Waals surface area contributed by atoms with E-state index in [0.29, 0.717) is 25.7 Å². The Morgan fingerprint density at radius 2 is 0.627 bits per heavy atom. The molecule has 0 aromatic rings. The first-order valence-electron chi connectivity index (χ1n) is 27.1. The molecule has 0 amide bonds. The summed E-state index contributed by atoms with van der Waals surface area (Å²) in [5, 5.41) is 0. The van der Waals surface area contributed by atoms with Crippen molar-refractivity contribution in [3.8, 4) is 0 Å². The van der Waals surface area contributed by atoms with Crippen molar-refractivity contribution in [3.05, 3.63) is 122 Å². The van der Waals surface area contributed by atoms with E-state index in [9.17, 15) is 14.4 Å². The molecule has 0 aliphatic carbocycles. The van der Waals surface area contributed by atoms with Crippen molar-refractivity contribution in [2.24, 2.45) is 0 Å². The maximum Gasteiger partial charge on any atom is 0.306 e. The Morgan fingerprint density at radius 3 is 1.04 bits per heavy atom. The number of hydrogen-bond acceptors (Lipinski definition) is 6. The van der Waals surface area contributed by atoms with Gasteiger partial charge in [0.05, 0.1) is 0 Å². The van der Waals surface area contributed by atoms with Crippen molar-refractivity contribution >= 4 is 17.9 Å². The van der Waals surface area contributed by atoms with Gasteiger partial charge in [-0.1, -0.05) is 206 Å². The van der Waals surface area contributed by atoms with Gasteiger partial charge in [0, 0.05) is 19.3 Å². The van der Waals surface area contributed by atoms with Crippen LogP contribution in [0.5, 0.6) is 0 Å². The van der Waals surface area contributed by atoms with Gasteiger partial charge in [0.1, 0.15) is 13.2 Å². The van der Waals surface area contributed by atoms with Crippen molar-refractivity contribution in [2.45, 2.75) is 232 Å². The molecule has 6 nitrogen and oxygen atoms in total. The van der Waals surface area contributed by atoms with Gasteiger partial charge in [-0.15, -0.1) is 0 Å². The highest BCUT2D eigenvalue weighted by molar-refractivity contribution is 5.71. The average Bonchev–Trinajstić information content (AvgIpc) is 3.33. The minimum absolute atomic E-state index is 0.117. The molecule has 0 radical (unpaired) electrons. The lowest BCUT2D eigenvalue weighted by atomic mass is 10.1. The van der Waals surface area contributed by atoms with Gasteiger partial charge in [-0.25, -0.2) is 0 Å². The zero-order chi connectivity index (χ0) is 48.6. The summed E-state index contributed by atoms with van der Waals surface area (Å²) < 4.78 is 16.7. The molecule has 0 rings (SSSR count). The van der Waals surface area contributed by atoms with E-state index in [1.165, 1.54) is 51.4 Å². The van der Waals surface area contributed by atoms with E-state index in [-0.39, 0.29) is 31.1 Å². The molecule has 0 fully saturated rings. The van der Waals surface area contributed by atoms with Crippen molar-refractivity contribution in [3.63, 3.8) is 0 Å². The molecule has 0 saturated heterocycles. The van der Waals surface area contributed by atoms with Crippen LogP contribution in [-0.4, -0.2) is 37.2 Å². The van der Waals surface area contributed by atoms with Crippen LogP contribution in [0, 0.1) is 0 Å². The van der Waals surface area contributed by atoms with E-state index >= 15 is 0 Å². The highest BCUT2D eigenvalue weighted by Crippen LogP contribution is 2.12. The zero-order valence-electron chi connectivity index (χ0n) is 43.1. The molecule has 6 heteroatoms. The summed E-state index contributed by atoms with van der Waals surface area (Å²) >= 11 is 0. The standard InChI is InChI=1S/C61H98O6/c1-4-7-10-13-16-19-22-25-27-29-31-33-34-36-39-42-45-48-51-54-60(63)66-57-58(56-65-59(62)53-50-47-44-41-38-24-21-18-15-12-9-6-3)67-61(64)55-52-49-46-43-40-37-35-32-30-28-26-23-20-17-14-11-8-5-2/h7,9-10,12,16,18-19,21,25,27-28,30-33,35-36,38-39,41,58H,4-6,8,11,13-15,17,20,22-24,26,29,34,37,40,42-57H2,1-3H3/b10-7-,12-9-,19-16-,21-18-,27-25-,30-28-,33-31-,35-32-,39-36-,41-38-. The highest BCUT2D eigenvalue weighted by Gasteiger charge is 2.19. The maximum absolute atomic E-state index is 12.8. The average molecular weight is 927 g/mol. The number of rotatable bonds is 47. The number of carbonyl (C=O) groups excluding carboxylic acids is 3. The van der Waals surface area contributed by atoms with Crippen LogP contribution in [0.25, 0.3) is 0 Å². The van der Waals surface area contributed by atoms with Gasteiger partial charge in [-0.05, 0) is 122 Å². The van der Waals surface area contributed by atoms with Crippen LogP contribution < -0.4 is 0 Å². The second-order valence-corrected chi connectivity index (χ2v) is 17.4. The summed E-state index contributed by atoms with van der Waals surface area (Å²) in [5.41, 5.74) is 0. The van der Waals surface area contributed by atoms with E-state index in [0.717, 1.165) is 128 Å². The number of esters is 3. The second-order valence-electron chi connectivity index (χ2n) is 17.4. The van der Waals surface area contributed by atoms with Gasteiger partial charge in [0.2, 0.25) is 0 Å². The molecule has 0 spiro atoms. The van der Waals surface area contributed by atoms with Crippen LogP contribution in [0.15, 0.2) is 122 Å². The van der Waals surface area contributed by atoms with Gasteiger partial charge in [0.25, 0.3) is 0 Å². The summed E-state index contributed by atoms with van der Waals surface area (Å²) in [6.07, 6.45) is 74.8. The summed E-state index contributed by atoms with van der Waals surface area (Å²) in [6.45, 7) is 6.31. The third-order valence-corrected chi connectivity index (χ3v) is 11.0. The molecule has 0 heterocycles. The fraction of sp³-hybridized carbons (Fsp3) is 0.623. The van der Waals surface area contributed by atoms with E-state index in [2.05, 4.69) is 142 Å². The number of allylic oxidation sites excluding steroid dienone is 20. The first-order valence-corrected chi connectivity index (χ1v) is 27.1. The molecule has 0 aliphatic rings. The third kappa shape index (κ3) is 52.6. The Hall–Kier alpha value is -4.19. The Balaban J connectivity index is 4.52. The Kier molecular flexibility index (Phi) is 51.0. The Labute approximate surface area is 412 Å². The molecule has 67 heavy (non-hydrogen) atoms. The summed E-state index contributed by atoms with van der Waals surface area (Å²) in [7, 11) is 0. The molecule has 0 saturated carbocycles. The van der Waals surface area contributed by atoms with Gasteiger partial charge in [-0.2, -0.15) is 0 Å². The van der Waals surface area contributed by atoms with E-state index < -0.39 is 6.10 Å². The molecule has 378 valence electrons.